The van der Waals surface area contributed by atoms with Gasteiger partial charge in [-0.25, -0.2) is 0 Å². The van der Waals surface area contributed by atoms with Gasteiger partial charge in [-0.15, -0.1) is 0 Å². The van der Waals surface area contributed by atoms with Gasteiger partial charge in [0.2, 0.25) is 11.7 Å². The highest BCUT2D eigenvalue weighted by atomic mass is 16.2. The molecule has 1 atom stereocenters. The van der Waals surface area contributed by atoms with E-state index in [0.29, 0.717) is 13.0 Å². The molecule has 0 aliphatic carbocycles. The van der Waals surface area contributed by atoms with Gasteiger partial charge in [0.25, 0.3) is 5.91 Å². The molecular formula is C10H18N2O3. The molecular weight excluding hydrogens is 196 g/mol. The van der Waals surface area contributed by atoms with E-state index in [4.69, 9.17) is 0 Å². The Hall–Kier alpha value is -1.39. The number of hydrogen-bond donors (Lipinski definition) is 2. The van der Waals surface area contributed by atoms with Crippen LogP contribution < -0.4 is 10.6 Å². The second-order valence-electron chi connectivity index (χ2n) is 3.42. The van der Waals surface area contributed by atoms with Gasteiger partial charge in [-0.3, -0.25) is 14.4 Å². The number of ketones is 1. The Morgan fingerprint density at radius 2 is 1.87 bits per heavy atom. The highest BCUT2D eigenvalue weighted by Gasteiger charge is 2.13. The van der Waals surface area contributed by atoms with Crippen LogP contribution in [0.15, 0.2) is 0 Å². The average Bonchev–Trinajstić information content (AvgIpc) is 2.13. The number of rotatable bonds is 6. The summed E-state index contributed by atoms with van der Waals surface area (Å²) < 4.78 is 0. The number of amides is 2. The van der Waals surface area contributed by atoms with Crippen molar-refractivity contribution in [2.75, 3.05) is 6.54 Å². The fourth-order valence-electron chi connectivity index (χ4n) is 1.14. The van der Waals surface area contributed by atoms with Gasteiger partial charge in [-0.2, -0.15) is 0 Å². The van der Waals surface area contributed by atoms with Crippen LogP contribution in [-0.2, 0) is 14.4 Å². The number of nitrogens with one attached hydrogen (secondary N) is 2. The van der Waals surface area contributed by atoms with Crippen molar-refractivity contribution in [2.45, 2.75) is 39.7 Å². The quantitative estimate of drug-likeness (QED) is 0.611. The molecule has 0 saturated heterocycles. The van der Waals surface area contributed by atoms with Crippen LogP contribution in [0.5, 0.6) is 0 Å². The van der Waals surface area contributed by atoms with E-state index in [1.807, 2.05) is 0 Å². The first-order chi connectivity index (χ1) is 6.97. The standard InChI is InChI=1S/C10H18N2O3/c1-4-11-10(15)9(14)6-5-7(2)12-8(3)13/h7H,4-6H2,1-3H3,(H,11,15)(H,12,13). The molecule has 86 valence electrons. The molecule has 5 nitrogen and oxygen atoms in total. The van der Waals surface area contributed by atoms with Crippen LogP contribution in [0.4, 0.5) is 0 Å². The van der Waals surface area contributed by atoms with Crippen molar-refractivity contribution in [3.63, 3.8) is 0 Å². The largest absolute Gasteiger partial charge is 0.354 e. The Kier molecular flexibility index (Phi) is 6.33. The summed E-state index contributed by atoms with van der Waals surface area (Å²) in [7, 11) is 0. The molecule has 0 aliphatic rings. The van der Waals surface area contributed by atoms with E-state index >= 15 is 0 Å². The van der Waals surface area contributed by atoms with Gasteiger partial charge in [0.1, 0.15) is 0 Å². The number of likely N-dealkylation sites (N-methyl/N-ethyl adjacent to an activating group) is 1. The average molecular weight is 214 g/mol. The zero-order valence-electron chi connectivity index (χ0n) is 9.42. The van der Waals surface area contributed by atoms with Gasteiger partial charge < -0.3 is 10.6 Å². The van der Waals surface area contributed by atoms with Crippen molar-refractivity contribution in [1.82, 2.24) is 10.6 Å². The van der Waals surface area contributed by atoms with Gasteiger partial charge in [0.15, 0.2) is 0 Å². The van der Waals surface area contributed by atoms with Crippen molar-refractivity contribution >= 4 is 17.6 Å². The first kappa shape index (κ1) is 13.6. The predicted octanol–water partition coefficient (Wildman–Crippen LogP) is -0.00360. The zero-order chi connectivity index (χ0) is 11.8. The summed E-state index contributed by atoms with van der Waals surface area (Å²) in [5.74, 6) is -1.12. The summed E-state index contributed by atoms with van der Waals surface area (Å²) >= 11 is 0. The molecule has 0 fully saturated rings. The number of Topliss-reactive ketones (excluding diaryl/α,β-unsaturated/α-hetero) is 1. The van der Waals surface area contributed by atoms with E-state index in [1.165, 1.54) is 6.92 Å². The molecule has 0 spiro atoms. The normalized spacial score (nSPS) is 11.7. The van der Waals surface area contributed by atoms with Gasteiger partial charge in [0, 0.05) is 25.9 Å². The molecule has 5 heteroatoms. The van der Waals surface area contributed by atoms with Crippen molar-refractivity contribution in [3.05, 3.63) is 0 Å². The first-order valence-corrected chi connectivity index (χ1v) is 5.05. The van der Waals surface area contributed by atoms with Crippen LogP contribution in [0.3, 0.4) is 0 Å². The molecule has 15 heavy (non-hydrogen) atoms. The second kappa shape index (κ2) is 6.98. The van der Waals surface area contributed by atoms with Crippen LogP contribution in [0, 0.1) is 0 Å². The molecule has 2 amide bonds. The Morgan fingerprint density at radius 1 is 1.27 bits per heavy atom. The molecule has 1 unspecified atom stereocenters. The van der Waals surface area contributed by atoms with Crippen LogP contribution in [0.25, 0.3) is 0 Å². The molecule has 0 aromatic rings. The summed E-state index contributed by atoms with van der Waals surface area (Å²) in [6.45, 7) is 5.42. The maximum absolute atomic E-state index is 11.2. The van der Waals surface area contributed by atoms with Crippen LogP contribution in [-0.4, -0.2) is 30.2 Å². The minimum absolute atomic E-state index is 0.0825. The summed E-state index contributed by atoms with van der Waals surface area (Å²) in [5.41, 5.74) is 0. The number of hydrogen-bond acceptors (Lipinski definition) is 3. The molecule has 2 N–H and O–H groups in total. The molecule has 0 aliphatic heterocycles. The zero-order valence-corrected chi connectivity index (χ0v) is 9.42. The maximum Gasteiger partial charge on any atom is 0.287 e. The minimum atomic E-state index is -0.549. The lowest BCUT2D eigenvalue weighted by Crippen LogP contribution is -2.34. The Labute approximate surface area is 89.6 Å². The van der Waals surface area contributed by atoms with Gasteiger partial charge in [-0.05, 0) is 20.3 Å². The third-order valence-electron chi connectivity index (χ3n) is 1.84. The van der Waals surface area contributed by atoms with Crippen molar-refractivity contribution in [2.24, 2.45) is 0 Å². The second-order valence-corrected chi connectivity index (χ2v) is 3.42. The van der Waals surface area contributed by atoms with Crippen LogP contribution in [0.2, 0.25) is 0 Å². The summed E-state index contributed by atoms with van der Waals surface area (Å²) in [4.78, 5) is 32.9. The van der Waals surface area contributed by atoms with Crippen molar-refractivity contribution in [3.8, 4) is 0 Å². The van der Waals surface area contributed by atoms with Gasteiger partial charge in [-0.1, -0.05) is 0 Å². The molecule has 0 bridgehead atoms. The lowest BCUT2D eigenvalue weighted by atomic mass is 10.1. The Balaban J connectivity index is 3.79. The monoisotopic (exact) mass is 214 g/mol. The topological polar surface area (TPSA) is 75.3 Å². The lowest BCUT2D eigenvalue weighted by molar-refractivity contribution is -0.138. The van der Waals surface area contributed by atoms with E-state index in [2.05, 4.69) is 10.6 Å². The van der Waals surface area contributed by atoms with Crippen LogP contribution >= 0.6 is 0 Å². The molecule has 0 aromatic carbocycles. The van der Waals surface area contributed by atoms with Crippen molar-refractivity contribution < 1.29 is 14.4 Å². The third-order valence-corrected chi connectivity index (χ3v) is 1.84. The number of carbonyl (C=O) groups is 3. The van der Waals surface area contributed by atoms with Crippen LogP contribution in [0.1, 0.15) is 33.6 Å². The molecule has 0 heterocycles. The smallest absolute Gasteiger partial charge is 0.287 e. The predicted molar refractivity (Wildman–Crippen MR) is 56.2 cm³/mol. The van der Waals surface area contributed by atoms with E-state index in [9.17, 15) is 14.4 Å². The molecule has 0 aromatic heterocycles. The van der Waals surface area contributed by atoms with Gasteiger partial charge in [0.05, 0.1) is 0 Å². The fraction of sp³-hybridized carbons (Fsp3) is 0.700. The van der Waals surface area contributed by atoms with E-state index in [1.54, 1.807) is 13.8 Å². The number of carbonyl (C=O) groups excluding carboxylic acids is 3. The Bertz CT molecular complexity index is 251. The molecule has 0 saturated carbocycles. The lowest BCUT2D eigenvalue weighted by Gasteiger charge is -2.11. The van der Waals surface area contributed by atoms with Crippen molar-refractivity contribution in [1.29, 1.82) is 0 Å². The van der Waals surface area contributed by atoms with Gasteiger partial charge >= 0.3 is 0 Å². The summed E-state index contributed by atoms with van der Waals surface area (Å²) in [6, 6.07) is -0.0825. The van der Waals surface area contributed by atoms with E-state index in [-0.39, 0.29) is 18.4 Å². The SMILES string of the molecule is CCNC(=O)C(=O)CCC(C)NC(C)=O. The third kappa shape index (κ3) is 6.65. The summed E-state index contributed by atoms with van der Waals surface area (Å²) in [6.07, 6.45) is 0.642. The highest BCUT2D eigenvalue weighted by molar-refractivity contribution is 6.36. The molecule has 0 radical (unpaired) electrons. The maximum atomic E-state index is 11.2. The fourth-order valence-corrected chi connectivity index (χ4v) is 1.14. The molecule has 0 rings (SSSR count). The van der Waals surface area contributed by atoms with E-state index < -0.39 is 11.7 Å². The van der Waals surface area contributed by atoms with E-state index in [0.717, 1.165) is 0 Å². The summed E-state index contributed by atoms with van der Waals surface area (Å²) in [5, 5.41) is 5.08. The highest BCUT2D eigenvalue weighted by Crippen LogP contribution is 1.97. The Morgan fingerprint density at radius 3 is 2.33 bits per heavy atom. The first-order valence-electron chi connectivity index (χ1n) is 5.05. The minimum Gasteiger partial charge on any atom is -0.354 e.